The molecule has 1 atom stereocenters. The summed E-state index contributed by atoms with van der Waals surface area (Å²) in [5.74, 6) is 0.0392. The minimum atomic E-state index is -0.291. The van der Waals surface area contributed by atoms with Crippen molar-refractivity contribution >= 4 is 11.5 Å². The van der Waals surface area contributed by atoms with Crippen LogP contribution in [0.2, 0.25) is 0 Å². The van der Waals surface area contributed by atoms with E-state index < -0.39 is 0 Å². The summed E-state index contributed by atoms with van der Waals surface area (Å²) in [6.45, 7) is 3.48. The lowest BCUT2D eigenvalue weighted by Crippen LogP contribution is -2.07. The average Bonchev–Trinajstić information content (AvgIpc) is 2.27. The van der Waals surface area contributed by atoms with Gasteiger partial charge in [0.2, 0.25) is 0 Å². The van der Waals surface area contributed by atoms with Crippen LogP contribution in [0, 0.1) is 0 Å². The van der Waals surface area contributed by atoms with Gasteiger partial charge in [-0.15, -0.1) is 0 Å². The Morgan fingerprint density at radius 3 is 2.75 bits per heavy atom. The van der Waals surface area contributed by atoms with Crippen LogP contribution in [0.5, 0.6) is 0 Å². The highest BCUT2D eigenvalue weighted by Gasteiger charge is 2.07. The maximum Gasteiger partial charge on any atom is 0.159 e. The van der Waals surface area contributed by atoms with Gasteiger partial charge in [0.1, 0.15) is 0 Å². The second kappa shape index (κ2) is 5.66. The summed E-state index contributed by atoms with van der Waals surface area (Å²) in [7, 11) is 0. The Morgan fingerprint density at radius 1 is 1.50 bits per heavy atom. The van der Waals surface area contributed by atoms with E-state index in [0.717, 1.165) is 12.0 Å². The van der Waals surface area contributed by atoms with Crippen molar-refractivity contribution in [2.24, 2.45) is 0 Å². The van der Waals surface area contributed by atoms with Gasteiger partial charge in [-0.3, -0.25) is 4.79 Å². The fourth-order valence-electron chi connectivity index (χ4n) is 1.57. The first-order valence-electron chi connectivity index (χ1n) is 5.62. The Balaban J connectivity index is 2.78. The van der Waals surface area contributed by atoms with Gasteiger partial charge in [0.15, 0.2) is 5.78 Å². The number of nitrogen functional groups attached to an aromatic ring is 1. The first-order valence-corrected chi connectivity index (χ1v) is 5.62. The highest BCUT2D eigenvalue weighted by Crippen LogP contribution is 2.17. The van der Waals surface area contributed by atoms with E-state index in [9.17, 15) is 9.90 Å². The summed E-state index contributed by atoms with van der Waals surface area (Å²) >= 11 is 0. The van der Waals surface area contributed by atoms with Crippen molar-refractivity contribution in [3.63, 3.8) is 0 Å². The molecule has 1 aromatic carbocycles. The molecule has 0 spiro atoms. The summed E-state index contributed by atoms with van der Waals surface area (Å²) in [6.07, 6.45) is 1.84. The van der Waals surface area contributed by atoms with E-state index in [0.29, 0.717) is 24.1 Å². The monoisotopic (exact) mass is 221 g/mol. The Morgan fingerprint density at radius 2 is 2.19 bits per heavy atom. The fraction of sp³-hybridized carbons (Fsp3) is 0.462. The zero-order valence-electron chi connectivity index (χ0n) is 9.86. The molecule has 0 aliphatic rings. The van der Waals surface area contributed by atoms with Crippen LogP contribution in [0.4, 0.5) is 5.69 Å². The number of hydrogen-bond donors (Lipinski definition) is 2. The Bertz CT molecular complexity index is 374. The molecule has 0 heterocycles. The molecule has 0 saturated carbocycles. The first-order chi connectivity index (χ1) is 7.54. The van der Waals surface area contributed by atoms with E-state index in [2.05, 4.69) is 0 Å². The smallest absolute Gasteiger partial charge is 0.159 e. The number of aryl methyl sites for hydroxylation is 1. The van der Waals surface area contributed by atoms with Gasteiger partial charge in [-0.25, -0.2) is 0 Å². The lowest BCUT2D eigenvalue weighted by molar-refractivity contribution is 0.101. The van der Waals surface area contributed by atoms with Crippen LogP contribution in [0.3, 0.4) is 0 Å². The number of rotatable bonds is 5. The molecule has 0 aliphatic carbocycles. The minimum absolute atomic E-state index is 0.0392. The van der Waals surface area contributed by atoms with Crippen molar-refractivity contribution in [2.75, 3.05) is 5.73 Å². The lowest BCUT2D eigenvalue weighted by Gasteiger charge is -2.10. The summed E-state index contributed by atoms with van der Waals surface area (Å²) in [5.41, 5.74) is 8.13. The van der Waals surface area contributed by atoms with E-state index in [4.69, 9.17) is 5.73 Å². The molecule has 0 saturated heterocycles. The predicted octanol–water partition coefficient (Wildman–Crippen LogP) is 2.17. The Labute approximate surface area is 96.3 Å². The third kappa shape index (κ3) is 3.35. The van der Waals surface area contributed by atoms with Crippen LogP contribution in [-0.4, -0.2) is 17.0 Å². The number of Topliss-reactive ketones (excluding diaryl/α,β-unsaturated/α-hetero) is 1. The van der Waals surface area contributed by atoms with E-state index in [1.165, 1.54) is 6.92 Å². The number of carbonyl (C=O) groups is 1. The molecule has 0 aromatic heterocycles. The molecule has 0 bridgehead atoms. The Hall–Kier alpha value is -1.35. The highest BCUT2D eigenvalue weighted by atomic mass is 16.3. The zero-order chi connectivity index (χ0) is 12.1. The number of ketones is 1. The van der Waals surface area contributed by atoms with E-state index in [1.807, 2.05) is 13.0 Å². The molecule has 1 rings (SSSR count). The highest BCUT2D eigenvalue weighted by molar-refractivity contribution is 5.94. The number of aliphatic hydroxyl groups excluding tert-OH is 1. The molecular formula is C13H19NO2. The molecule has 3 N–H and O–H groups in total. The van der Waals surface area contributed by atoms with E-state index >= 15 is 0 Å². The second-order valence-electron chi connectivity index (χ2n) is 4.07. The lowest BCUT2D eigenvalue weighted by atomic mass is 10.0. The molecule has 1 unspecified atom stereocenters. The molecule has 0 fully saturated rings. The van der Waals surface area contributed by atoms with Crippen LogP contribution in [0.15, 0.2) is 18.2 Å². The van der Waals surface area contributed by atoms with Crippen molar-refractivity contribution in [3.05, 3.63) is 29.3 Å². The second-order valence-corrected chi connectivity index (χ2v) is 4.07. The fourth-order valence-corrected chi connectivity index (χ4v) is 1.57. The van der Waals surface area contributed by atoms with Crippen molar-refractivity contribution in [1.82, 2.24) is 0 Å². The topological polar surface area (TPSA) is 63.3 Å². The summed E-state index contributed by atoms with van der Waals surface area (Å²) in [5, 5.41) is 9.48. The standard InChI is InChI=1S/C13H19NO2/c1-3-12(16)6-4-11-8-10(9(2)15)5-7-13(11)14/h5,7-8,12,16H,3-4,6,14H2,1-2H3. The van der Waals surface area contributed by atoms with Gasteiger partial charge in [-0.05, 0) is 49.9 Å². The number of anilines is 1. The summed E-state index contributed by atoms with van der Waals surface area (Å²) in [6, 6.07) is 5.31. The van der Waals surface area contributed by atoms with Crippen LogP contribution < -0.4 is 5.73 Å². The van der Waals surface area contributed by atoms with Crippen LogP contribution >= 0.6 is 0 Å². The first kappa shape index (κ1) is 12.7. The van der Waals surface area contributed by atoms with Gasteiger partial charge in [0.05, 0.1) is 6.10 Å². The largest absolute Gasteiger partial charge is 0.399 e. The summed E-state index contributed by atoms with van der Waals surface area (Å²) < 4.78 is 0. The van der Waals surface area contributed by atoms with Crippen molar-refractivity contribution in [3.8, 4) is 0 Å². The molecule has 16 heavy (non-hydrogen) atoms. The molecular weight excluding hydrogens is 202 g/mol. The molecule has 1 aromatic rings. The molecule has 3 nitrogen and oxygen atoms in total. The average molecular weight is 221 g/mol. The number of nitrogens with two attached hydrogens (primary N) is 1. The SMILES string of the molecule is CCC(O)CCc1cc(C(C)=O)ccc1N. The molecule has 0 aliphatic heterocycles. The molecule has 3 heteroatoms. The van der Waals surface area contributed by atoms with Gasteiger partial charge in [0, 0.05) is 11.3 Å². The minimum Gasteiger partial charge on any atom is -0.399 e. The number of aliphatic hydroxyl groups is 1. The van der Waals surface area contributed by atoms with Gasteiger partial charge in [-0.2, -0.15) is 0 Å². The van der Waals surface area contributed by atoms with Crippen molar-refractivity contribution in [1.29, 1.82) is 0 Å². The van der Waals surface area contributed by atoms with Crippen molar-refractivity contribution in [2.45, 2.75) is 39.2 Å². The van der Waals surface area contributed by atoms with Gasteiger partial charge in [-0.1, -0.05) is 6.92 Å². The third-order valence-corrected chi connectivity index (χ3v) is 2.77. The van der Waals surface area contributed by atoms with Crippen LogP contribution in [-0.2, 0) is 6.42 Å². The normalized spacial score (nSPS) is 12.4. The predicted molar refractivity (Wildman–Crippen MR) is 65.5 cm³/mol. The van der Waals surface area contributed by atoms with Crippen LogP contribution in [0.25, 0.3) is 0 Å². The van der Waals surface area contributed by atoms with E-state index in [1.54, 1.807) is 12.1 Å². The van der Waals surface area contributed by atoms with Gasteiger partial charge < -0.3 is 10.8 Å². The summed E-state index contributed by atoms with van der Waals surface area (Å²) in [4.78, 5) is 11.2. The molecule has 88 valence electrons. The van der Waals surface area contributed by atoms with Gasteiger partial charge in [0.25, 0.3) is 0 Å². The zero-order valence-corrected chi connectivity index (χ0v) is 9.86. The molecule has 0 radical (unpaired) electrons. The van der Waals surface area contributed by atoms with Crippen molar-refractivity contribution < 1.29 is 9.90 Å². The number of carbonyl (C=O) groups excluding carboxylic acids is 1. The quantitative estimate of drug-likeness (QED) is 0.591. The van der Waals surface area contributed by atoms with Crippen LogP contribution in [0.1, 0.15) is 42.6 Å². The number of benzene rings is 1. The van der Waals surface area contributed by atoms with Gasteiger partial charge >= 0.3 is 0 Å². The Kier molecular flexibility index (Phi) is 4.50. The third-order valence-electron chi connectivity index (χ3n) is 2.77. The molecule has 0 amide bonds. The van der Waals surface area contributed by atoms with E-state index in [-0.39, 0.29) is 11.9 Å². The number of hydrogen-bond acceptors (Lipinski definition) is 3. The maximum absolute atomic E-state index is 11.2. The maximum atomic E-state index is 11.2.